The second-order valence-corrected chi connectivity index (χ2v) is 8.14. The molecule has 0 atom stereocenters. The topological polar surface area (TPSA) is 61.8 Å². The molecule has 5 heteroatoms. The van der Waals surface area contributed by atoms with E-state index >= 15 is 0 Å². The van der Waals surface area contributed by atoms with Crippen LogP contribution in [0.1, 0.15) is 36.5 Å². The van der Waals surface area contributed by atoms with Crippen LogP contribution >= 0.6 is 0 Å². The molecule has 0 bridgehead atoms. The second kappa shape index (κ2) is 13.4. The first kappa shape index (κ1) is 26.1. The Hall–Kier alpha value is -3.18. The summed E-state index contributed by atoms with van der Waals surface area (Å²) >= 11 is 0. The van der Waals surface area contributed by atoms with Crippen LogP contribution in [0.15, 0.2) is 66.8 Å². The minimum absolute atomic E-state index is 0.186. The predicted molar refractivity (Wildman–Crippen MR) is 131 cm³/mol. The highest BCUT2D eigenvalue weighted by Crippen LogP contribution is 2.25. The average molecular weight is 451 g/mol. The molecule has 0 saturated heterocycles. The monoisotopic (exact) mass is 450 g/mol. The van der Waals surface area contributed by atoms with E-state index in [0.717, 1.165) is 25.7 Å². The van der Waals surface area contributed by atoms with Gasteiger partial charge in [-0.1, -0.05) is 55.6 Å². The Bertz CT molecular complexity index is 972. The van der Waals surface area contributed by atoms with Crippen LogP contribution in [0.5, 0.6) is 0 Å². The van der Waals surface area contributed by atoms with E-state index in [4.69, 9.17) is 14.2 Å². The highest BCUT2D eigenvalue weighted by atomic mass is 16.5. The van der Waals surface area contributed by atoms with Crippen molar-refractivity contribution < 1.29 is 23.8 Å². The van der Waals surface area contributed by atoms with E-state index in [-0.39, 0.29) is 12.6 Å². The molecule has 2 aromatic carbocycles. The largest absolute Gasteiger partial charge is 0.462 e. The van der Waals surface area contributed by atoms with Gasteiger partial charge < -0.3 is 14.2 Å². The number of esters is 2. The van der Waals surface area contributed by atoms with Gasteiger partial charge in [0.2, 0.25) is 0 Å². The van der Waals surface area contributed by atoms with E-state index in [2.05, 4.69) is 62.5 Å². The zero-order chi connectivity index (χ0) is 24.2. The molecule has 0 amide bonds. The van der Waals surface area contributed by atoms with Crippen molar-refractivity contribution in [1.82, 2.24) is 0 Å². The minimum atomic E-state index is -0.403. The molecule has 0 aliphatic carbocycles. The molecule has 2 aromatic rings. The molecular weight excluding hydrogens is 416 g/mol. The average Bonchev–Trinajstić information content (AvgIpc) is 2.80. The molecule has 0 aliphatic rings. The van der Waals surface area contributed by atoms with Gasteiger partial charge in [-0.2, -0.15) is 0 Å². The minimum Gasteiger partial charge on any atom is -0.462 e. The smallest absolute Gasteiger partial charge is 0.335 e. The van der Waals surface area contributed by atoms with Crippen LogP contribution in [0, 0.1) is 6.92 Å². The number of carbonyl (C=O) groups excluding carboxylic acids is 2. The summed E-state index contributed by atoms with van der Waals surface area (Å²) in [5, 5.41) is 0. The lowest BCUT2D eigenvalue weighted by molar-refractivity contribution is -0.140. The Balaban J connectivity index is 1.82. The summed E-state index contributed by atoms with van der Waals surface area (Å²) in [5.41, 5.74) is 6.75. The first-order chi connectivity index (χ1) is 15.8. The Labute approximate surface area is 197 Å². The van der Waals surface area contributed by atoms with Crippen LogP contribution in [-0.2, 0) is 36.6 Å². The summed E-state index contributed by atoms with van der Waals surface area (Å²) in [4.78, 5) is 23.1. The molecule has 5 nitrogen and oxygen atoms in total. The summed E-state index contributed by atoms with van der Waals surface area (Å²) in [6.07, 6.45) is 3.22. The summed E-state index contributed by atoms with van der Waals surface area (Å²) in [5.74, 6) is -0.738. The van der Waals surface area contributed by atoms with Crippen molar-refractivity contribution in [1.29, 1.82) is 0 Å². The molecule has 33 heavy (non-hydrogen) atoms. The highest BCUT2D eigenvalue weighted by Gasteiger charge is 2.08. The van der Waals surface area contributed by atoms with Gasteiger partial charge in [0.1, 0.15) is 0 Å². The molecule has 0 radical (unpaired) electrons. The lowest BCUT2D eigenvalue weighted by Crippen LogP contribution is -2.12. The summed E-state index contributed by atoms with van der Waals surface area (Å²) in [6.45, 7) is 11.9. The second-order valence-electron chi connectivity index (χ2n) is 8.14. The molecule has 176 valence electrons. The third-order valence-corrected chi connectivity index (χ3v) is 5.20. The van der Waals surface area contributed by atoms with Gasteiger partial charge in [0.05, 0.1) is 25.4 Å². The van der Waals surface area contributed by atoms with Crippen molar-refractivity contribution in [2.24, 2.45) is 0 Å². The quantitative estimate of drug-likeness (QED) is 0.233. The van der Waals surface area contributed by atoms with Gasteiger partial charge >= 0.3 is 11.9 Å². The van der Waals surface area contributed by atoms with Crippen molar-refractivity contribution in [3.63, 3.8) is 0 Å². The first-order valence-corrected chi connectivity index (χ1v) is 11.2. The SMILES string of the molecule is C=C(C)C(=O)OCCCc1ccc(-c2ccc(CCCOC(=O)C(=C)COC)cc2C)cc1. The predicted octanol–water partition coefficient (Wildman–Crippen LogP) is 5.39. The van der Waals surface area contributed by atoms with Crippen molar-refractivity contribution in [2.75, 3.05) is 26.9 Å². The van der Waals surface area contributed by atoms with E-state index in [1.807, 2.05) is 0 Å². The van der Waals surface area contributed by atoms with Crippen LogP contribution in [0.3, 0.4) is 0 Å². The summed E-state index contributed by atoms with van der Waals surface area (Å²) in [7, 11) is 1.52. The molecule has 0 fully saturated rings. The first-order valence-electron chi connectivity index (χ1n) is 11.2. The third kappa shape index (κ3) is 8.70. The molecule has 0 aliphatic heterocycles. The Morgan fingerprint density at radius 1 is 0.848 bits per heavy atom. The van der Waals surface area contributed by atoms with Crippen molar-refractivity contribution >= 4 is 11.9 Å². The van der Waals surface area contributed by atoms with Crippen LogP contribution in [0.4, 0.5) is 0 Å². The lowest BCUT2D eigenvalue weighted by Gasteiger charge is -2.11. The van der Waals surface area contributed by atoms with E-state index in [0.29, 0.717) is 24.4 Å². The van der Waals surface area contributed by atoms with Crippen molar-refractivity contribution in [3.05, 3.63) is 83.5 Å². The molecular formula is C28H34O5. The fourth-order valence-electron chi connectivity index (χ4n) is 3.40. The fourth-order valence-corrected chi connectivity index (χ4v) is 3.40. The summed E-state index contributed by atoms with van der Waals surface area (Å²) < 4.78 is 15.2. The zero-order valence-corrected chi connectivity index (χ0v) is 19.9. The maximum absolute atomic E-state index is 11.7. The van der Waals surface area contributed by atoms with Gasteiger partial charge in [0.25, 0.3) is 0 Å². The Kier molecular flexibility index (Phi) is 10.6. The van der Waals surface area contributed by atoms with E-state index in [9.17, 15) is 9.59 Å². The standard InChI is InChI=1S/C28H34O5/c1-20(2)27(29)32-16-6-8-23-10-13-25(14-11-23)26-15-12-24(18-21(26)3)9-7-17-33-28(30)22(4)19-31-5/h10-15,18H,1,4,6-9,16-17,19H2,2-3,5H3. The number of aryl methyl sites for hydroxylation is 3. The molecule has 0 aromatic heterocycles. The number of methoxy groups -OCH3 is 1. The number of hydrogen-bond acceptors (Lipinski definition) is 5. The molecule has 0 saturated carbocycles. The maximum Gasteiger partial charge on any atom is 0.335 e. The van der Waals surface area contributed by atoms with Crippen LogP contribution in [0.2, 0.25) is 0 Å². The Morgan fingerprint density at radius 2 is 1.42 bits per heavy atom. The van der Waals surface area contributed by atoms with Gasteiger partial charge in [0.15, 0.2) is 0 Å². The normalized spacial score (nSPS) is 10.5. The zero-order valence-electron chi connectivity index (χ0n) is 19.9. The van der Waals surface area contributed by atoms with E-state index in [1.54, 1.807) is 6.92 Å². The van der Waals surface area contributed by atoms with Crippen molar-refractivity contribution in [2.45, 2.75) is 39.5 Å². The van der Waals surface area contributed by atoms with E-state index < -0.39 is 5.97 Å². The van der Waals surface area contributed by atoms with Gasteiger partial charge in [-0.25, -0.2) is 9.59 Å². The third-order valence-electron chi connectivity index (χ3n) is 5.20. The molecule has 0 N–H and O–H groups in total. The van der Waals surface area contributed by atoms with Crippen LogP contribution in [-0.4, -0.2) is 38.9 Å². The van der Waals surface area contributed by atoms with Gasteiger partial charge in [-0.15, -0.1) is 0 Å². The van der Waals surface area contributed by atoms with Crippen LogP contribution < -0.4 is 0 Å². The number of carbonyl (C=O) groups is 2. The Morgan fingerprint density at radius 3 is 2.00 bits per heavy atom. The van der Waals surface area contributed by atoms with Gasteiger partial charge in [0, 0.05) is 12.7 Å². The summed E-state index contributed by atoms with van der Waals surface area (Å²) in [6, 6.07) is 14.9. The lowest BCUT2D eigenvalue weighted by atomic mass is 9.96. The fraction of sp³-hybridized carbons (Fsp3) is 0.357. The number of hydrogen-bond donors (Lipinski definition) is 0. The number of rotatable bonds is 13. The molecule has 2 rings (SSSR count). The van der Waals surface area contributed by atoms with Crippen LogP contribution in [0.25, 0.3) is 11.1 Å². The molecule has 0 unspecified atom stereocenters. The van der Waals surface area contributed by atoms with E-state index in [1.165, 1.54) is 34.9 Å². The van der Waals surface area contributed by atoms with Gasteiger partial charge in [-0.05, 0) is 67.3 Å². The molecule has 0 heterocycles. The highest BCUT2D eigenvalue weighted by molar-refractivity contribution is 5.88. The number of ether oxygens (including phenoxy) is 3. The maximum atomic E-state index is 11.7. The molecule has 0 spiro atoms. The van der Waals surface area contributed by atoms with Gasteiger partial charge in [-0.3, -0.25) is 0 Å². The van der Waals surface area contributed by atoms with Crippen molar-refractivity contribution in [3.8, 4) is 11.1 Å². The number of benzene rings is 2.